The average Bonchev–Trinajstić information content (AvgIpc) is 2.96. The van der Waals surface area contributed by atoms with Gasteiger partial charge in [-0.3, -0.25) is 14.4 Å². The topological polar surface area (TPSA) is 116 Å². The zero-order valence-electron chi connectivity index (χ0n) is 17.5. The van der Waals surface area contributed by atoms with E-state index < -0.39 is 35.9 Å². The predicted octanol–water partition coefficient (Wildman–Crippen LogP) is 1.05. The van der Waals surface area contributed by atoms with Crippen LogP contribution in [-0.2, 0) is 25.6 Å². The molecule has 164 valence electrons. The summed E-state index contributed by atoms with van der Waals surface area (Å²) in [6.07, 6.45) is 2.85. The van der Waals surface area contributed by atoms with Crippen molar-refractivity contribution in [2.75, 3.05) is 12.0 Å². The number of amides is 3. The van der Waals surface area contributed by atoms with E-state index in [4.69, 9.17) is 0 Å². The van der Waals surface area contributed by atoms with E-state index in [0.717, 1.165) is 5.56 Å². The lowest BCUT2D eigenvalue weighted by atomic mass is 10.0. The van der Waals surface area contributed by atoms with Gasteiger partial charge in [0.15, 0.2) is 0 Å². The molecular weight excluding hydrogens is 406 g/mol. The standard InChI is InChI=1S/C21H29N3O5S/c1-13-11-17(23-19(26)16(9-10-30-3)22-14(2)25)20(27)24(13)18(21(28)29)12-15-7-5-4-6-8-15/h4-8,13,16-18H,9-12H2,1-3H3,(H,22,25)(H,23,26)(H,28,29)/t13?,16-,17-,18-/m0/s1. The van der Waals surface area contributed by atoms with Crippen LogP contribution in [0.1, 0.15) is 32.3 Å². The lowest BCUT2D eigenvalue weighted by Crippen LogP contribution is -2.53. The van der Waals surface area contributed by atoms with Crippen LogP contribution in [0.15, 0.2) is 30.3 Å². The first-order chi connectivity index (χ1) is 14.2. The molecular formula is C21H29N3O5S. The number of carbonyl (C=O) groups excluding carboxylic acids is 3. The van der Waals surface area contributed by atoms with Gasteiger partial charge in [0.05, 0.1) is 0 Å². The maximum atomic E-state index is 13.0. The Morgan fingerprint density at radius 1 is 1.27 bits per heavy atom. The summed E-state index contributed by atoms with van der Waals surface area (Å²) < 4.78 is 0. The third-order valence-corrected chi connectivity index (χ3v) is 5.76. The minimum Gasteiger partial charge on any atom is -0.480 e. The Hall–Kier alpha value is -2.55. The second kappa shape index (κ2) is 11.0. The number of benzene rings is 1. The van der Waals surface area contributed by atoms with Crippen LogP contribution in [0.2, 0.25) is 0 Å². The molecule has 0 aliphatic carbocycles. The molecule has 0 radical (unpaired) electrons. The summed E-state index contributed by atoms with van der Waals surface area (Å²) in [5.74, 6) is -1.57. The SMILES string of the molecule is CSCC[C@H](NC(C)=O)C(=O)N[C@H]1CC(C)N([C@@H](Cc2ccccc2)C(=O)O)C1=O. The number of carbonyl (C=O) groups is 4. The van der Waals surface area contributed by atoms with Crippen molar-refractivity contribution in [2.24, 2.45) is 0 Å². The van der Waals surface area contributed by atoms with Gasteiger partial charge in [-0.15, -0.1) is 0 Å². The van der Waals surface area contributed by atoms with Gasteiger partial charge in [0.25, 0.3) is 0 Å². The largest absolute Gasteiger partial charge is 0.480 e. The summed E-state index contributed by atoms with van der Waals surface area (Å²) in [6, 6.07) is 6.25. The quantitative estimate of drug-likeness (QED) is 0.506. The summed E-state index contributed by atoms with van der Waals surface area (Å²) >= 11 is 1.55. The van der Waals surface area contributed by atoms with E-state index >= 15 is 0 Å². The maximum absolute atomic E-state index is 13.0. The zero-order chi connectivity index (χ0) is 22.3. The molecule has 1 heterocycles. The third-order valence-electron chi connectivity index (χ3n) is 5.12. The van der Waals surface area contributed by atoms with Crippen molar-refractivity contribution in [2.45, 2.75) is 57.3 Å². The first kappa shape index (κ1) is 23.7. The molecule has 2 rings (SSSR count). The fourth-order valence-electron chi connectivity index (χ4n) is 3.70. The van der Waals surface area contributed by atoms with Crippen LogP contribution in [0.25, 0.3) is 0 Å². The van der Waals surface area contributed by atoms with Crippen LogP contribution >= 0.6 is 11.8 Å². The summed E-state index contributed by atoms with van der Waals surface area (Å²) in [5, 5.41) is 15.1. The van der Waals surface area contributed by atoms with Crippen LogP contribution in [0.4, 0.5) is 0 Å². The number of rotatable bonds is 10. The highest BCUT2D eigenvalue weighted by atomic mass is 32.2. The molecule has 0 bridgehead atoms. The average molecular weight is 436 g/mol. The number of likely N-dealkylation sites (tertiary alicyclic amines) is 1. The van der Waals surface area contributed by atoms with Gasteiger partial charge < -0.3 is 20.6 Å². The maximum Gasteiger partial charge on any atom is 0.326 e. The third kappa shape index (κ3) is 6.22. The molecule has 1 unspecified atom stereocenters. The molecule has 8 nitrogen and oxygen atoms in total. The molecule has 1 aliphatic rings. The number of nitrogens with zero attached hydrogens (tertiary/aromatic N) is 1. The minimum atomic E-state index is -1.08. The number of nitrogens with one attached hydrogen (secondary N) is 2. The molecule has 9 heteroatoms. The van der Waals surface area contributed by atoms with Gasteiger partial charge in [0.1, 0.15) is 18.1 Å². The monoisotopic (exact) mass is 435 g/mol. The van der Waals surface area contributed by atoms with Crippen LogP contribution in [-0.4, -0.2) is 69.9 Å². The van der Waals surface area contributed by atoms with E-state index in [2.05, 4.69) is 10.6 Å². The van der Waals surface area contributed by atoms with Gasteiger partial charge in [-0.25, -0.2) is 4.79 Å². The van der Waals surface area contributed by atoms with E-state index in [-0.39, 0.29) is 18.4 Å². The smallest absolute Gasteiger partial charge is 0.326 e. The number of carboxylic acid groups (broad SMARTS) is 1. The Morgan fingerprint density at radius 3 is 2.50 bits per heavy atom. The molecule has 1 fully saturated rings. The van der Waals surface area contributed by atoms with Gasteiger partial charge in [-0.05, 0) is 37.3 Å². The summed E-state index contributed by atoms with van der Waals surface area (Å²) in [5.41, 5.74) is 0.820. The molecule has 4 atom stereocenters. The van der Waals surface area contributed by atoms with Crippen molar-refractivity contribution in [3.63, 3.8) is 0 Å². The first-order valence-corrected chi connectivity index (χ1v) is 11.3. The molecule has 1 aromatic carbocycles. The number of carboxylic acids is 1. The van der Waals surface area contributed by atoms with Crippen molar-refractivity contribution >= 4 is 35.5 Å². The molecule has 3 N–H and O–H groups in total. The second-order valence-corrected chi connectivity index (χ2v) is 8.46. The van der Waals surface area contributed by atoms with Crippen LogP contribution in [0.5, 0.6) is 0 Å². The highest BCUT2D eigenvalue weighted by Crippen LogP contribution is 2.24. The lowest BCUT2D eigenvalue weighted by Gasteiger charge is -2.29. The number of aliphatic carboxylic acids is 1. The first-order valence-electron chi connectivity index (χ1n) is 9.89. The molecule has 1 aliphatic heterocycles. The van der Waals surface area contributed by atoms with Gasteiger partial charge >= 0.3 is 5.97 Å². The zero-order valence-corrected chi connectivity index (χ0v) is 18.3. The summed E-state index contributed by atoms with van der Waals surface area (Å²) in [6.45, 7) is 3.12. The number of hydrogen-bond acceptors (Lipinski definition) is 5. The Balaban J connectivity index is 2.11. The van der Waals surface area contributed by atoms with E-state index in [1.807, 2.05) is 36.6 Å². The molecule has 30 heavy (non-hydrogen) atoms. The van der Waals surface area contributed by atoms with E-state index in [1.165, 1.54) is 11.8 Å². The van der Waals surface area contributed by atoms with Crippen molar-refractivity contribution < 1.29 is 24.3 Å². The van der Waals surface area contributed by atoms with Crippen LogP contribution < -0.4 is 10.6 Å². The molecule has 3 amide bonds. The van der Waals surface area contributed by atoms with Crippen molar-refractivity contribution in [3.05, 3.63) is 35.9 Å². The minimum absolute atomic E-state index is 0.190. The Kier molecular flexibility index (Phi) is 8.71. The molecule has 0 saturated carbocycles. The Bertz CT molecular complexity index is 773. The van der Waals surface area contributed by atoms with E-state index in [1.54, 1.807) is 18.7 Å². The van der Waals surface area contributed by atoms with Gasteiger partial charge in [-0.2, -0.15) is 11.8 Å². The fourth-order valence-corrected chi connectivity index (χ4v) is 4.17. The number of hydrogen-bond donors (Lipinski definition) is 3. The van der Waals surface area contributed by atoms with Crippen molar-refractivity contribution in [1.82, 2.24) is 15.5 Å². The van der Waals surface area contributed by atoms with Gasteiger partial charge in [0, 0.05) is 19.4 Å². The highest BCUT2D eigenvalue weighted by molar-refractivity contribution is 7.98. The second-order valence-electron chi connectivity index (χ2n) is 7.47. The van der Waals surface area contributed by atoms with Crippen LogP contribution in [0, 0.1) is 0 Å². The number of thioether (sulfide) groups is 1. The molecule has 0 spiro atoms. The normalized spacial score (nSPS) is 20.5. The lowest BCUT2D eigenvalue weighted by molar-refractivity contribution is -0.150. The van der Waals surface area contributed by atoms with Gasteiger partial charge in [0.2, 0.25) is 17.7 Å². The highest BCUT2D eigenvalue weighted by Gasteiger charge is 2.44. The van der Waals surface area contributed by atoms with E-state index in [9.17, 15) is 24.3 Å². The van der Waals surface area contributed by atoms with Gasteiger partial charge in [-0.1, -0.05) is 30.3 Å². The molecule has 1 aromatic rings. The summed E-state index contributed by atoms with van der Waals surface area (Å²) in [4.78, 5) is 50.4. The van der Waals surface area contributed by atoms with Crippen LogP contribution in [0.3, 0.4) is 0 Å². The summed E-state index contributed by atoms with van der Waals surface area (Å²) in [7, 11) is 0. The Labute approximate surface area is 180 Å². The van der Waals surface area contributed by atoms with E-state index in [0.29, 0.717) is 18.6 Å². The van der Waals surface area contributed by atoms with Crippen molar-refractivity contribution in [1.29, 1.82) is 0 Å². The molecule has 1 saturated heterocycles. The fraction of sp³-hybridized carbons (Fsp3) is 0.524. The van der Waals surface area contributed by atoms with Crippen molar-refractivity contribution in [3.8, 4) is 0 Å². The predicted molar refractivity (Wildman–Crippen MR) is 115 cm³/mol. The Morgan fingerprint density at radius 2 is 1.93 bits per heavy atom. The molecule has 0 aromatic heterocycles.